The summed E-state index contributed by atoms with van der Waals surface area (Å²) in [5.74, 6) is -0.235. The van der Waals surface area contributed by atoms with Crippen molar-refractivity contribution < 1.29 is 18.7 Å². The van der Waals surface area contributed by atoms with E-state index in [0.29, 0.717) is 22.3 Å². The summed E-state index contributed by atoms with van der Waals surface area (Å²) in [6, 6.07) is 14.5. The van der Waals surface area contributed by atoms with Crippen LogP contribution < -0.4 is 10.2 Å². The number of benzene rings is 2. The molecule has 1 aromatic heterocycles. The summed E-state index contributed by atoms with van der Waals surface area (Å²) in [6.07, 6.45) is -0.254. The molecule has 0 spiro atoms. The summed E-state index contributed by atoms with van der Waals surface area (Å²) in [5, 5.41) is 0.399. The normalized spacial score (nSPS) is 10.9. The maximum Gasteiger partial charge on any atom is 0.344 e. The van der Waals surface area contributed by atoms with Crippen molar-refractivity contribution in [3.05, 3.63) is 64.3 Å². The van der Waals surface area contributed by atoms with Crippen molar-refractivity contribution in [2.24, 2.45) is 0 Å². The van der Waals surface area contributed by atoms with Crippen LogP contribution in [0.3, 0.4) is 0 Å². The first-order valence-electron chi connectivity index (χ1n) is 8.41. The standard InChI is InChI=1S/C21H20O5/c1-13(2)25-18(22)12-24-21-19(23)16-6-4-5-7-17(16)26-20(21)15-10-8-14(3)9-11-15/h4-11,13H,12H2,1-3H3. The Labute approximate surface area is 151 Å². The van der Waals surface area contributed by atoms with Crippen molar-refractivity contribution in [2.45, 2.75) is 26.9 Å². The van der Waals surface area contributed by atoms with Crippen LogP contribution in [-0.4, -0.2) is 18.7 Å². The van der Waals surface area contributed by atoms with E-state index < -0.39 is 5.97 Å². The van der Waals surface area contributed by atoms with Crippen LogP contribution in [0.25, 0.3) is 22.3 Å². The zero-order chi connectivity index (χ0) is 18.7. The second-order valence-electron chi connectivity index (χ2n) is 6.28. The third-order valence-corrected chi connectivity index (χ3v) is 3.77. The molecule has 0 aliphatic carbocycles. The monoisotopic (exact) mass is 352 g/mol. The number of hydrogen-bond donors (Lipinski definition) is 0. The Morgan fingerprint density at radius 2 is 1.77 bits per heavy atom. The lowest BCUT2D eigenvalue weighted by molar-refractivity contribution is -0.149. The molecule has 0 aliphatic rings. The van der Waals surface area contributed by atoms with Gasteiger partial charge in [-0.1, -0.05) is 42.0 Å². The van der Waals surface area contributed by atoms with Crippen molar-refractivity contribution in [2.75, 3.05) is 6.61 Å². The lowest BCUT2D eigenvalue weighted by Gasteiger charge is -2.12. The predicted octanol–water partition coefficient (Wildman–Crippen LogP) is 4.10. The molecule has 0 unspecified atom stereocenters. The minimum Gasteiger partial charge on any atom is -0.474 e. The summed E-state index contributed by atoms with van der Waals surface area (Å²) < 4.78 is 16.5. The van der Waals surface area contributed by atoms with E-state index in [1.807, 2.05) is 31.2 Å². The predicted molar refractivity (Wildman–Crippen MR) is 99.4 cm³/mol. The molecule has 2 aromatic carbocycles. The van der Waals surface area contributed by atoms with Crippen molar-refractivity contribution >= 4 is 16.9 Å². The summed E-state index contributed by atoms with van der Waals surface area (Å²) in [7, 11) is 0. The van der Waals surface area contributed by atoms with Crippen molar-refractivity contribution in [3.8, 4) is 17.1 Å². The van der Waals surface area contributed by atoms with Crippen LogP contribution in [0, 0.1) is 6.92 Å². The molecule has 0 atom stereocenters. The summed E-state index contributed by atoms with van der Waals surface area (Å²) in [6.45, 7) is 5.11. The Morgan fingerprint density at radius 3 is 2.46 bits per heavy atom. The molecule has 3 aromatic rings. The van der Waals surface area contributed by atoms with Gasteiger partial charge in [0.25, 0.3) is 0 Å². The number of carbonyl (C=O) groups excluding carboxylic acids is 1. The highest BCUT2D eigenvalue weighted by Crippen LogP contribution is 2.31. The molecule has 0 radical (unpaired) electrons. The number of carbonyl (C=O) groups is 1. The van der Waals surface area contributed by atoms with Crippen LogP contribution in [0.2, 0.25) is 0 Å². The molecule has 3 rings (SSSR count). The van der Waals surface area contributed by atoms with Gasteiger partial charge in [0.15, 0.2) is 12.4 Å². The summed E-state index contributed by atoms with van der Waals surface area (Å²) in [5.41, 5.74) is 1.93. The highest BCUT2D eigenvalue weighted by atomic mass is 16.6. The number of para-hydroxylation sites is 1. The Kier molecular flexibility index (Phi) is 5.07. The minimum atomic E-state index is -0.539. The van der Waals surface area contributed by atoms with Gasteiger partial charge < -0.3 is 13.9 Å². The molecule has 0 amide bonds. The lowest BCUT2D eigenvalue weighted by atomic mass is 10.1. The molecule has 5 heteroatoms. The fraction of sp³-hybridized carbons (Fsp3) is 0.238. The van der Waals surface area contributed by atoms with Crippen molar-refractivity contribution in [3.63, 3.8) is 0 Å². The van der Waals surface area contributed by atoms with Crippen molar-refractivity contribution in [1.82, 2.24) is 0 Å². The molecule has 0 aliphatic heterocycles. The number of rotatable bonds is 5. The molecule has 0 saturated heterocycles. The van der Waals surface area contributed by atoms with E-state index in [-0.39, 0.29) is 23.9 Å². The number of esters is 1. The highest BCUT2D eigenvalue weighted by Gasteiger charge is 2.19. The third-order valence-electron chi connectivity index (χ3n) is 3.77. The Morgan fingerprint density at radius 1 is 1.08 bits per heavy atom. The second kappa shape index (κ2) is 7.44. The number of aryl methyl sites for hydroxylation is 1. The molecule has 134 valence electrons. The summed E-state index contributed by atoms with van der Waals surface area (Å²) >= 11 is 0. The molecular formula is C21H20O5. The first kappa shape index (κ1) is 17.7. The van der Waals surface area contributed by atoms with E-state index in [2.05, 4.69) is 0 Å². The Bertz CT molecular complexity index is 983. The fourth-order valence-corrected chi connectivity index (χ4v) is 2.58. The van der Waals surface area contributed by atoms with Crippen LogP contribution in [0.5, 0.6) is 5.75 Å². The number of ether oxygens (including phenoxy) is 2. The average Bonchev–Trinajstić information content (AvgIpc) is 2.61. The summed E-state index contributed by atoms with van der Waals surface area (Å²) in [4.78, 5) is 24.7. The SMILES string of the molecule is Cc1ccc(-c2oc3ccccc3c(=O)c2OCC(=O)OC(C)C)cc1. The lowest BCUT2D eigenvalue weighted by Crippen LogP contribution is -2.21. The van der Waals surface area contributed by atoms with Crippen LogP contribution in [-0.2, 0) is 9.53 Å². The minimum absolute atomic E-state index is 0.00765. The van der Waals surface area contributed by atoms with Crippen molar-refractivity contribution in [1.29, 1.82) is 0 Å². The van der Waals surface area contributed by atoms with E-state index in [1.165, 1.54) is 0 Å². The average molecular weight is 352 g/mol. The van der Waals surface area contributed by atoms with Gasteiger partial charge in [-0.15, -0.1) is 0 Å². The molecule has 26 heavy (non-hydrogen) atoms. The van der Waals surface area contributed by atoms with E-state index in [0.717, 1.165) is 5.56 Å². The molecule has 1 heterocycles. The second-order valence-corrected chi connectivity index (χ2v) is 6.28. The van der Waals surface area contributed by atoms with Gasteiger partial charge in [-0.2, -0.15) is 0 Å². The zero-order valence-electron chi connectivity index (χ0n) is 14.9. The van der Waals surface area contributed by atoms with Gasteiger partial charge in [-0.3, -0.25) is 4.79 Å². The number of hydrogen-bond acceptors (Lipinski definition) is 5. The molecule has 0 fully saturated rings. The largest absolute Gasteiger partial charge is 0.474 e. The van der Waals surface area contributed by atoms with Crippen LogP contribution in [0.15, 0.2) is 57.7 Å². The van der Waals surface area contributed by atoms with Gasteiger partial charge >= 0.3 is 5.97 Å². The zero-order valence-corrected chi connectivity index (χ0v) is 14.9. The van der Waals surface area contributed by atoms with E-state index in [4.69, 9.17) is 13.9 Å². The molecule has 0 N–H and O–H groups in total. The Balaban J connectivity index is 2.07. The first-order chi connectivity index (χ1) is 12.5. The topological polar surface area (TPSA) is 65.7 Å². The smallest absolute Gasteiger partial charge is 0.344 e. The third kappa shape index (κ3) is 3.77. The van der Waals surface area contributed by atoms with E-state index >= 15 is 0 Å². The maximum absolute atomic E-state index is 12.9. The number of fused-ring (bicyclic) bond motifs is 1. The molecule has 0 bridgehead atoms. The van der Waals surface area contributed by atoms with Crippen LogP contribution in [0.1, 0.15) is 19.4 Å². The molecular weight excluding hydrogens is 332 g/mol. The maximum atomic E-state index is 12.9. The highest BCUT2D eigenvalue weighted by molar-refractivity contribution is 5.82. The first-order valence-corrected chi connectivity index (χ1v) is 8.41. The van der Waals surface area contributed by atoms with Crippen LogP contribution in [0.4, 0.5) is 0 Å². The van der Waals surface area contributed by atoms with E-state index in [1.54, 1.807) is 38.1 Å². The van der Waals surface area contributed by atoms with Crippen LogP contribution >= 0.6 is 0 Å². The fourth-order valence-electron chi connectivity index (χ4n) is 2.58. The molecule has 0 saturated carbocycles. The quantitative estimate of drug-likeness (QED) is 0.647. The van der Waals surface area contributed by atoms with Gasteiger partial charge in [-0.05, 0) is 32.9 Å². The van der Waals surface area contributed by atoms with Gasteiger partial charge in [-0.25, -0.2) is 4.79 Å². The van der Waals surface area contributed by atoms with Gasteiger partial charge in [0.2, 0.25) is 11.2 Å². The Hall–Kier alpha value is -3.08. The van der Waals surface area contributed by atoms with E-state index in [9.17, 15) is 9.59 Å². The van der Waals surface area contributed by atoms with Gasteiger partial charge in [0.1, 0.15) is 5.58 Å². The molecule has 5 nitrogen and oxygen atoms in total. The van der Waals surface area contributed by atoms with Gasteiger partial charge in [0, 0.05) is 5.56 Å². The van der Waals surface area contributed by atoms with Gasteiger partial charge in [0.05, 0.1) is 11.5 Å².